The average Bonchev–Trinajstić information content (AvgIpc) is 2.68. The highest BCUT2D eigenvalue weighted by atomic mass is 16.6. The summed E-state index contributed by atoms with van der Waals surface area (Å²) in [5.41, 5.74) is 0.918. The number of aromatic nitrogens is 1. The number of ether oxygens (including phenoxy) is 1. The molecule has 1 heterocycles. The fraction of sp³-hybridized carbons (Fsp3) is 0.278. The number of hydrogen-bond acceptors (Lipinski definition) is 7. The molecule has 0 fully saturated rings. The van der Waals surface area contributed by atoms with Crippen LogP contribution < -0.4 is 10.6 Å². The minimum atomic E-state index is -0.557. The van der Waals surface area contributed by atoms with Crippen LogP contribution in [0.2, 0.25) is 0 Å². The fourth-order valence-corrected chi connectivity index (χ4v) is 2.37. The molecule has 1 atom stereocenters. The number of nitro groups is 1. The molecule has 0 bridgehead atoms. The Balaban J connectivity index is 2.13. The Bertz CT molecular complexity index is 826. The van der Waals surface area contributed by atoms with E-state index in [4.69, 9.17) is 0 Å². The van der Waals surface area contributed by atoms with Gasteiger partial charge in [-0.25, -0.2) is 0 Å². The predicted octanol–water partition coefficient (Wildman–Crippen LogP) is 2.46. The maximum atomic E-state index is 12.1. The van der Waals surface area contributed by atoms with Gasteiger partial charge in [-0.3, -0.25) is 24.7 Å². The summed E-state index contributed by atoms with van der Waals surface area (Å²) in [5.74, 6) is -0.962. The largest absolute Gasteiger partial charge is 0.469 e. The van der Waals surface area contributed by atoms with Crippen molar-refractivity contribution in [2.75, 3.05) is 19.0 Å². The lowest BCUT2D eigenvalue weighted by molar-refractivity contribution is -0.384. The van der Waals surface area contributed by atoms with E-state index >= 15 is 0 Å². The number of nitro benzene ring substituents is 1. The molecular weight excluding hydrogens is 352 g/mol. The Labute approximate surface area is 155 Å². The van der Waals surface area contributed by atoms with Crippen LogP contribution in [0.15, 0.2) is 42.6 Å². The SMILES string of the molecule is COC(=O)CCNC(=O)c1ccc(NC(C)c2ccccn2)c([N+](=O)[O-])c1. The van der Waals surface area contributed by atoms with Crippen molar-refractivity contribution in [1.29, 1.82) is 0 Å². The van der Waals surface area contributed by atoms with Crippen LogP contribution in [0, 0.1) is 10.1 Å². The summed E-state index contributed by atoms with van der Waals surface area (Å²) in [5, 5.41) is 17.0. The van der Waals surface area contributed by atoms with Crippen LogP contribution in [-0.4, -0.2) is 35.4 Å². The highest BCUT2D eigenvalue weighted by Gasteiger charge is 2.19. The number of amides is 1. The highest BCUT2D eigenvalue weighted by molar-refractivity contribution is 5.95. The van der Waals surface area contributed by atoms with Gasteiger partial charge in [-0.15, -0.1) is 0 Å². The molecule has 2 N–H and O–H groups in total. The molecule has 1 unspecified atom stereocenters. The van der Waals surface area contributed by atoms with E-state index in [1.165, 1.54) is 25.3 Å². The second-order valence-corrected chi connectivity index (χ2v) is 5.69. The summed E-state index contributed by atoms with van der Waals surface area (Å²) < 4.78 is 4.48. The number of carbonyl (C=O) groups is 2. The summed E-state index contributed by atoms with van der Waals surface area (Å²) >= 11 is 0. The molecule has 2 aromatic rings. The monoisotopic (exact) mass is 372 g/mol. The second kappa shape index (κ2) is 9.27. The number of hydrogen-bond donors (Lipinski definition) is 2. The van der Waals surface area contributed by atoms with Gasteiger partial charge in [-0.1, -0.05) is 6.07 Å². The van der Waals surface area contributed by atoms with Gasteiger partial charge in [0.1, 0.15) is 5.69 Å². The molecule has 0 radical (unpaired) electrons. The lowest BCUT2D eigenvalue weighted by Gasteiger charge is -2.15. The molecule has 9 heteroatoms. The van der Waals surface area contributed by atoms with E-state index in [1.54, 1.807) is 12.3 Å². The van der Waals surface area contributed by atoms with E-state index in [9.17, 15) is 19.7 Å². The van der Waals surface area contributed by atoms with Crippen molar-refractivity contribution in [3.05, 3.63) is 64.0 Å². The molecule has 2 rings (SSSR count). The number of anilines is 1. The Kier molecular flexibility index (Phi) is 6.81. The molecule has 0 aliphatic rings. The zero-order valence-corrected chi connectivity index (χ0v) is 15.0. The number of pyridine rings is 1. The van der Waals surface area contributed by atoms with Crippen LogP contribution in [0.1, 0.15) is 35.4 Å². The summed E-state index contributed by atoms with van der Waals surface area (Å²) in [6, 6.07) is 9.32. The minimum absolute atomic E-state index is 0.0194. The average molecular weight is 372 g/mol. The summed E-state index contributed by atoms with van der Waals surface area (Å²) in [6.45, 7) is 1.91. The van der Waals surface area contributed by atoms with Crippen molar-refractivity contribution in [2.24, 2.45) is 0 Å². The van der Waals surface area contributed by atoms with Gasteiger partial charge >= 0.3 is 5.97 Å². The van der Waals surface area contributed by atoms with E-state index in [2.05, 4.69) is 20.4 Å². The number of methoxy groups -OCH3 is 1. The van der Waals surface area contributed by atoms with Crippen LogP contribution in [0.25, 0.3) is 0 Å². The van der Waals surface area contributed by atoms with Crippen molar-refractivity contribution < 1.29 is 19.2 Å². The van der Waals surface area contributed by atoms with Crippen LogP contribution in [0.4, 0.5) is 11.4 Å². The van der Waals surface area contributed by atoms with Gasteiger partial charge in [-0.05, 0) is 31.2 Å². The van der Waals surface area contributed by atoms with Gasteiger partial charge in [0.25, 0.3) is 11.6 Å². The van der Waals surface area contributed by atoms with Gasteiger partial charge in [0.2, 0.25) is 0 Å². The molecule has 0 saturated heterocycles. The Hall–Kier alpha value is -3.49. The highest BCUT2D eigenvalue weighted by Crippen LogP contribution is 2.28. The van der Waals surface area contributed by atoms with Crippen molar-refractivity contribution in [2.45, 2.75) is 19.4 Å². The number of esters is 1. The van der Waals surface area contributed by atoms with Crippen LogP contribution in [-0.2, 0) is 9.53 Å². The van der Waals surface area contributed by atoms with E-state index < -0.39 is 16.8 Å². The van der Waals surface area contributed by atoms with Crippen molar-refractivity contribution in [1.82, 2.24) is 10.3 Å². The molecule has 1 amide bonds. The fourth-order valence-electron chi connectivity index (χ4n) is 2.37. The lowest BCUT2D eigenvalue weighted by atomic mass is 10.1. The van der Waals surface area contributed by atoms with Gasteiger partial charge < -0.3 is 15.4 Å². The van der Waals surface area contributed by atoms with Gasteiger partial charge in [-0.2, -0.15) is 0 Å². The Morgan fingerprint density at radius 1 is 1.30 bits per heavy atom. The van der Waals surface area contributed by atoms with E-state index in [-0.39, 0.29) is 35.9 Å². The Morgan fingerprint density at radius 2 is 2.07 bits per heavy atom. The maximum Gasteiger partial charge on any atom is 0.307 e. The van der Waals surface area contributed by atoms with Crippen molar-refractivity contribution in [3.8, 4) is 0 Å². The summed E-state index contributed by atoms with van der Waals surface area (Å²) in [7, 11) is 1.26. The van der Waals surface area contributed by atoms with Gasteiger partial charge in [0.15, 0.2) is 0 Å². The van der Waals surface area contributed by atoms with Crippen LogP contribution in [0.3, 0.4) is 0 Å². The third kappa shape index (κ3) is 5.50. The second-order valence-electron chi connectivity index (χ2n) is 5.69. The molecule has 0 saturated carbocycles. The first-order valence-corrected chi connectivity index (χ1v) is 8.23. The topological polar surface area (TPSA) is 123 Å². The van der Waals surface area contributed by atoms with Crippen molar-refractivity contribution in [3.63, 3.8) is 0 Å². The third-order valence-corrected chi connectivity index (χ3v) is 3.80. The van der Waals surface area contributed by atoms with Crippen LogP contribution in [0.5, 0.6) is 0 Å². The molecule has 1 aromatic carbocycles. The number of nitrogens with one attached hydrogen (secondary N) is 2. The molecule has 27 heavy (non-hydrogen) atoms. The first-order valence-electron chi connectivity index (χ1n) is 8.23. The first-order chi connectivity index (χ1) is 12.9. The molecule has 1 aromatic heterocycles. The normalized spacial score (nSPS) is 11.3. The smallest absolute Gasteiger partial charge is 0.307 e. The molecule has 0 aliphatic heterocycles. The predicted molar refractivity (Wildman–Crippen MR) is 98.3 cm³/mol. The minimum Gasteiger partial charge on any atom is -0.469 e. The molecule has 0 aliphatic carbocycles. The molecular formula is C18H20N4O5. The third-order valence-electron chi connectivity index (χ3n) is 3.80. The number of rotatable bonds is 8. The van der Waals surface area contributed by atoms with E-state index in [0.717, 1.165) is 5.69 Å². The van der Waals surface area contributed by atoms with Gasteiger partial charge in [0, 0.05) is 24.4 Å². The Morgan fingerprint density at radius 3 is 2.70 bits per heavy atom. The first kappa shape index (κ1) is 19.8. The molecule has 142 valence electrons. The van der Waals surface area contributed by atoms with Crippen molar-refractivity contribution >= 4 is 23.3 Å². The summed E-state index contributed by atoms with van der Waals surface area (Å²) in [4.78, 5) is 38.3. The summed E-state index contributed by atoms with van der Waals surface area (Å²) in [6.07, 6.45) is 1.66. The standard InChI is InChI=1S/C18H20N4O5/c1-12(14-5-3-4-9-19-14)21-15-7-6-13(11-16(15)22(25)26)18(24)20-10-8-17(23)27-2/h3-7,9,11-12,21H,8,10H2,1-2H3,(H,20,24). The number of nitrogens with zero attached hydrogens (tertiary/aromatic N) is 2. The van der Waals surface area contributed by atoms with E-state index in [0.29, 0.717) is 0 Å². The van der Waals surface area contributed by atoms with Gasteiger partial charge in [0.05, 0.1) is 30.2 Å². The van der Waals surface area contributed by atoms with E-state index in [1.807, 2.05) is 19.1 Å². The number of benzene rings is 1. The maximum absolute atomic E-state index is 12.1. The number of carbonyl (C=O) groups excluding carboxylic acids is 2. The molecule has 0 spiro atoms. The lowest BCUT2D eigenvalue weighted by Crippen LogP contribution is -2.26. The quantitative estimate of drug-likeness (QED) is 0.414. The zero-order valence-electron chi connectivity index (χ0n) is 15.0. The molecule has 9 nitrogen and oxygen atoms in total. The zero-order chi connectivity index (χ0) is 19.8. The van der Waals surface area contributed by atoms with Crippen LogP contribution >= 0.6 is 0 Å².